The van der Waals surface area contributed by atoms with E-state index in [4.69, 9.17) is 34.4 Å². The van der Waals surface area contributed by atoms with E-state index in [0.717, 1.165) is 0 Å². The minimum atomic E-state index is 0.205. The fourth-order valence-electron chi connectivity index (χ4n) is 0.686. The third-order valence-corrected chi connectivity index (χ3v) is 1.51. The van der Waals surface area contributed by atoms with Gasteiger partial charge in [-0.25, -0.2) is 0 Å². The lowest BCUT2D eigenvalue weighted by molar-refractivity contribution is 0.370. The predicted molar refractivity (Wildman–Crippen MR) is 49.6 cm³/mol. The van der Waals surface area contributed by atoms with Crippen molar-refractivity contribution >= 4 is 23.2 Å². The van der Waals surface area contributed by atoms with Gasteiger partial charge >= 0.3 is 0 Å². The first-order valence-electron chi connectivity index (χ1n) is 3.17. The Bertz CT molecular complexity index is 295. The van der Waals surface area contributed by atoms with Gasteiger partial charge in [0.15, 0.2) is 0 Å². The van der Waals surface area contributed by atoms with Gasteiger partial charge in [-0.05, 0) is 12.1 Å². The van der Waals surface area contributed by atoms with Crippen LogP contribution in [0.2, 0.25) is 10.0 Å². The van der Waals surface area contributed by atoms with E-state index in [1.807, 2.05) is 0 Å². The van der Waals surface area contributed by atoms with Gasteiger partial charge in [-0.1, -0.05) is 29.1 Å². The first-order chi connectivity index (χ1) is 5.72. The predicted octanol–water partition coefficient (Wildman–Crippen LogP) is 2.81. The Morgan fingerprint density at radius 2 is 2.00 bits per heavy atom. The van der Waals surface area contributed by atoms with E-state index in [2.05, 4.69) is 12.0 Å². The smallest absolute Gasteiger partial charge is 0.148 e. The zero-order valence-corrected chi connectivity index (χ0v) is 7.62. The van der Waals surface area contributed by atoms with E-state index in [1.165, 1.54) is 0 Å². The number of hydrogen-bond donors (Lipinski definition) is 0. The van der Waals surface area contributed by atoms with Gasteiger partial charge in [0.05, 0.1) is 10.0 Å². The Morgan fingerprint density at radius 1 is 1.42 bits per heavy atom. The van der Waals surface area contributed by atoms with Crippen molar-refractivity contribution in [2.45, 2.75) is 0 Å². The van der Waals surface area contributed by atoms with Crippen molar-refractivity contribution < 1.29 is 4.74 Å². The molecular weight excluding hydrogens is 195 g/mol. The molecule has 0 N–H and O–H groups in total. The third-order valence-electron chi connectivity index (χ3n) is 1.10. The van der Waals surface area contributed by atoms with E-state index in [1.54, 1.807) is 12.1 Å². The van der Waals surface area contributed by atoms with Gasteiger partial charge in [-0.15, -0.1) is 6.42 Å². The zero-order valence-electron chi connectivity index (χ0n) is 6.10. The second-order valence-corrected chi connectivity index (χ2v) is 2.82. The Kier molecular flexibility index (Phi) is 3.28. The highest BCUT2D eigenvalue weighted by molar-refractivity contribution is 6.34. The largest absolute Gasteiger partial charge is 0.481 e. The molecule has 1 aromatic rings. The molecule has 0 aliphatic rings. The van der Waals surface area contributed by atoms with Crippen LogP contribution in [0.25, 0.3) is 0 Å². The van der Waals surface area contributed by atoms with E-state index in [0.29, 0.717) is 15.8 Å². The minimum Gasteiger partial charge on any atom is -0.481 e. The molecule has 1 aromatic carbocycles. The number of benzene rings is 1. The third kappa shape index (κ3) is 2.65. The Hall–Kier alpha value is -0.840. The molecule has 0 aliphatic heterocycles. The van der Waals surface area contributed by atoms with Gasteiger partial charge in [0.2, 0.25) is 0 Å². The maximum atomic E-state index is 5.66. The maximum absolute atomic E-state index is 5.66. The van der Waals surface area contributed by atoms with Crippen LogP contribution in [0.1, 0.15) is 0 Å². The van der Waals surface area contributed by atoms with Gasteiger partial charge in [-0.3, -0.25) is 0 Å². The lowest BCUT2D eigenvalue weighted by Gasteiger charge is -2.02. The minimum absolute atomic E-state index is 0.205. The Morgan fingerprint density at radius 3 is 2.50 bits per heavy atom. The number of terminal acetylenes is 1. The molecular formula is C9H5Cl2O. The van der Waals surface area contributed by atoms with Crippen LogP contribution in [0, 0.1) is 18.4 Å². The molecule has 0 atom stereocenters. The Labute approximate surface area is 81.2 Å². The molecule has 1 rings (SSSR count). The summed E-state index contributed by atoms with van der Waals surface area (Å²) in [6.45, 7) is 0.205. The summed E-state index contributed by atoms with van der Waals surface area (Å²) in [7, 11) is 0. The van der Waals surface area contributed by atoms with Crippen molar-refractivity contribution in [3.8, 4) is 18.1 Å². The van der Waals surface area contributed by atoms with E-state index in [9.17, 15) is 0 Å². The number of hydrogen-bond acceptors (Lipinski definition) is 1. The summed E-state index contributed by atoms with van der Waals surface area (Å²) < 4.78 is 5.09. The quantitative estimate of drug-likeness (QED) is 0.667. The topological polar surface area (TPSA) is 9.23 Å². The summed E-state index contributed by atoms with van der Waals surface area (Å²) in [6.07, 6.45) is 5.00. The first-order valence-corrected chi connectivity index (χ1v) is 3.92. The van der Waals surface area contributed by atoms with Gasteiger partial charge < -0.3 is 4.74 Å². The van der Waals surface area contributed by atoms with Crippen molar-refractivity contribution in [3.63, 3.8) is 0 Å². The lowest BCUT2D eigenvalue weighted by Crippen LogP contribution is -1.92. The van der Waals surface area contributed by atoms with Crippen LogP contribution in [0.4, 0.5) is 0 Å². The van der Waals surface area contributed by atoms with Crippen molar-refractivity contribution in [3.05, 3.63) is 28.2 Å². The first kappa shape index (κ1) is 9.25. The van der Waals surface area contributed by atoms with Crippen LogP contribution in [0.15, 0.2) is 12.1 Å². The normalized spacial score (nSPS) is 9.08. The molecule has 0 fully saturated rings. The van der Waals surface area contributed by atoms with Gasteiger partial charge in [0.1, 0.15) is 12.4 Å². The molecule has 0 aromatic heterocycles. The van der Waals surface area contributed by atoms with E-state index < -0.39 is 0 Å². The summed E-state index contributed by atoms with van der Waals surface area (Å²) in [5, 5.41) is 0.823. The monoisotopic (exact) mass is 199 g/mol. The van der Waals surface area contributed by atoms with E-state index in [-0.39, 0.29) is 6.61 Å². The van der Waals surface area contributed by atoms with Crippen molar-refractivity contribution in [2.75, 3.05) is 6.61 Å². The molecule has 0 saturated carbocycles. The van der Waals surface area contributed by atoms with Crippen LogP contribution >= 0.6 is 23.2 Å². The summed E-state index contributed by atoms with van der Waals surface area (Å²) in [6, 6.07) is 5.89. The molecule has 0 amide bonds. The number of halogens is 2. The van der Waals surface area contributed by atoms with Crippen molar-refractivity contribution in [1.29, 1.82) is 0 Å². The summed E-state index contributed by atoms with van der Waals surface area (Å²) >= 11 is 11.3. The highest BCUT2D eigenvalue weighted by atomic mass is 35.5. The van der Waals surface area contributed by atoms with Crippen LogP contribution in [0.3, 0.4) is 0 Å². The van der Waals surface area contributed by atoms with Crippen LogP contribution in [-0.4, -0.2) is 6.61 Å². The van der Waals surface area contributed by atoms with Gasteiger partial charge in [-0.2, -0.15) is 0 Å². The maximum Gasteiger partial charge on any atom is 0.148 e. The molecule has 1 radical (unpaired) electrons. The standard InChI is InChI=1S/C9H5Cl2O/c1-2-3-12-9-5-7(10)4-8(11)6-9/h1,5-6H,3H2. The number of ether oxygens (including phenoxy) is 1. The summed E-state index contributed by atoms with van der Waals surface area (Å²) in [5.74, 6) is 2.89. The van der Waals surface area contributed by atoms with E-state index >= 15 is 0 Å². The molecule has 61 valence electrons. The second kappa shape index (κ2) is 4.25. The molecule has 3 heteroatoms. The summed E-state index contributed by atoms with van der Waals surface area (Å²) in [4.78, 5) is 0. The van der Waals surface area contributed by atoms with Gasteiger partial charge in [0.25, 0.3) is 0 Å². The van der Waals surface area contributed by atoms with Crippen LogP contribution < -0.4 is 4.74 Å². The number of rotatable bonds is 2. The fraction of sp³-hybridized carbons (Fsp3) is 0.111. The Balaban J connectivity index is 2.80. The molecule has 0 unspecified atom stereocenters. The summed E-state index contributed by atoms with van der Waals surface area (Å²) in [5.41, 5.74) is 0. The zero-order chi connectivity index (χ0) is 8.97. The highest BCUT2D eigenvalue weighted by Crippen LogP contribution is 2.23. The molecule has 0 spiro atoms. The highest BCUT2D eigenvalue weighted by Gasteiger charge is 1.97. The molecule has 1 nitrogen and oxygen atoms in total. The molecule has 0 bridgehead atoms. The van der Waals surface area contributed by atoms with Crippen molar-refractivity contribution in [1.82, 2.24) is 0 Å². The van der Waals surface area contributed by atoms with Crippen LogP contribution in [0.5, 0.6) is 5.75 Å². The molecule has 0 saturated heterocycles. The average molecular weight is 200 g/mol. The fourth-order valence-corrected chi connectivity index (χ4v) is 1.15. The molecule has 0 heterocycles. The molecule has 0 aliphatic carbocycles. The average Bonchev–Trinajstić information content (AvgIpc) is 1.99. The SMILES string of the molecule is C#CCOc1cc(Cl)[c]c(Cl)c1. The van der Waals surface area contributed by atoms with Crippen molar-refractivity contribution in [2.24, 2.45) is 0 Å². The lowest BCUT2D eigenvalue weighted by atomic mass is 10.3. The van der Waals surface area contributed by atoms with Crippen LogP contribution in [-0.2, 0) is 0 Å². The van der Waals surface area contributed by atoms with Gasteiger partial charge in [0, 0.05) is 6.07 Å². The molecule has 12 heavy (non-hydrogen) atoms. The second-order valence-electron chi connectivity index (χ2n) is 2.00.